The molecule has 0 bridgehead atoms. The number of alkyl halides is 1. The second-order valence-electron chi connectivity index (χ2n) is 2.57. The SMILES string of the molecule is ICC1CSc2cccc[n+]21. The molecule has 0 aliphatic carbocycles. The van der Waals surface area contributed by atoms with Crippen LogP contribution in [0.1, 0.15) is 6.04 Å². The van der Waals surface area contributed by atoms with Crippen LogP contribution in [0.4, 0.5) is 0 Å². The van der Waals surface area contributed by atoms with Crippen molar-refractivity contribution in [2.75, 3.05) is 10.2 Å². The molecule has 3 heteroatoms. The number of hydrogen-bond donors (Lipinski definition) is 0. The molecular formula is C8H9INS+. The fourth-order valence-electron chi connectivity index (χ4n) is 1.24. The third-order valence-corrected chi connectivity index (χ3v) is 4.06. The molecule has 0 amide bonds. The molecule has 1 aromatic heterocycles. The van der Waals surface area contributed by atoms with Gasteiger partial charge in [0.25, 0.3) is 0 Å². The van der Waals surface area contributed by atoms with Gasteiger partial charge in [0.2, 0.25) is 5.03 Å². The maximum Gasteiger partial charge on any atom is 0.240 e. The van der Waals surface area contributed by atoms with Crippen LogP contribution in [0.25, 0.3) is 0 Å². The summed E-state index contributed by atoms with van der Waals surface area (Å²) in [5.74, 6) is 1.24. The molecule has 0 N–H and O–H groups in total. The molecule has 2 rings (SSSR count). The van der Waals surface area contributed by atoms with E-state index in [1.54, 1.807) is 0 Å². The number of aromatic nitrogens is 1. The van der Waals surface area contributed by atoms with Gasteiger partial charge in [-0.15, -0.1) is 0 Å². The standard InChI is InChI=1S/C8H9INS/c9-5-7-6-11-8-3-1-2-4-10(7)8/h1-4,7H,5-6H2/q+1. The fourth-order valence-corrected chi connectivity index (χ4v) is 3.58. The van der Waals surface area contributed by atoms with Crippen molar-refractivity contribution in [2.45, 2.75) is 11.1 Å². The highest BCUT2D eigenvalue weighted by molar-refractivity contribution is 14.1. The molecule has 1 unspecified atom stereocenters. The predicted octanol–water partition coefficient (Wildman–Crippen LogP) is 2.06. The average Bonchev–Trinajstić information content (AvgIpc) is 2.47. The van der Waals surface area contributed by atoms with Crippen LogP contribution in [0.2, 0.25) is 0 Å². The summed E-state index contributed by atoms with van der Waals surface area (Å²) in [4.78, 5) is 0. The predicted molar refractivity (Wildman–Crippen MR) is 55.3 cm³/mol. The second kappa shape index (κ2) is 3.31. The van der Waals surface area contributed by atoms with Gasteiger partial charge in [0.15, 0.2) is 12.2 Å². The molecule has 2 heterocycles. The Bertz CT molecular complexity index is 264. The summed E-state index contributed by atoms with van der Waals surface area (Å²) >= 11 is 4.41. The highest BCUT2D eigenvalue weighted by Gasteiger charge is 2.28. The smallest absolute Gasteiger partial charge is 0.189 e. The largest absolute Gasteiger partial charge is 0.240 e. The molecular weight excluding hydrogens is 269 g/mol. The second-order valence-corrected chi connectivity index (χ2v) is 4.49. The minimum Gasteiger partial charge on any atom is -0.189 e. The Morgan fingerprint density at radius 3 is 3.36 bits per heavy atom. The van der Waals surface area contributed by atoms with Crippen LogP contribution in [-0.4, -0.2) is 10.2 Å². The van der Waals surface area contributed by atoms with E-state index < -0.39 is 0 Å². The van der Waals surface area contributed by atoms with E-state index in [1.165, 1.54) is 15.2 Å². The third-order valence-electron chi connectivity index (χ3n) is 1.85. The lowest BCUT2D eigenvalue weighted by Crippen LogP contribution is -2.38. The quantitative estimate of drug-likeness (QED) is 0.432. The first-order valence-corrected chi connectivity index (χ1v) is 6.12. The topological polar surface area (TPSA) is 3.88 Å². The lowest BCUT2D eigenvalue weighted by molar-refractivity contribution is -0.742. The van der Waals surface area contributed by atoms with Gasteiger partial charge in [-0.1, -0.05) is 34.4 Å². The number of fused-ring (bicyclic) bond motifs is 1. The van der Waals surface area contributed by atoms with E-state index >= 15 is 0 Å². The monoisotopic (exact) mass is 278 g/mol. The lowest BCUT2D eigenvalue weighted by atomic mass is 10.3. The normalized spacial score (nSPS) is 21.7. The van der Waals surface area contributed by atoms with Gasteiger partial charge in [0.1, 0.15) is 0 Å². The fraction of sp³-hybridized carbons (Fsp3) is 0.375. The molecule has 0 spiro atoms. The van der Waals surface area contributed by atoms with Gasteiger partial charge < -0.3 is 0 Å². The van der Waals surface area contributed by atoms with Gasteiger partial charge in [0, 0.05) is 12.1 Å². The maximum absolute atomic E-state index is 2.45. The molecule has 1 aromatic rings. The molecule has 0 aromatic carbocycles. The molecule has 0 saturated heterocycles. The number of rotatable bonds is 1. The van der Waals surface area contributed by atoms with Crippen molar-refractivity contribution in [3.8, 4) is 0 Å². The first-order valence-electron chi connectivity index (χ1n) is 3.61. The molecule has 1 aliphatic rings. The van der Waals surface area contributed by atoms with Crippen molar-refractivity contribution in [3.05, 3.63) is 24.4 Å². The van der Waals surface area contributed by atoms with Crippen LogP contribution in [0.3, 0.4) is 0 Å². The summed E-state index contributed by atoms with van der Waals surface area (Å²) in [6.07, 6.45) is 2.18. The van der Waals surface area contributed by atoms with Crippen LogP contribution in [0.5, 0.6) is 0 Å². The Hall–Kier alpha value is 0.230. The molecule has 58 valence electrons. The molecule has 1 aliphatic heterocycles. The van der Waals surface area contributed by atoms with Gasteiger partial charge in [0.05, 0.1) is 10.2 Å². The summed E-state index contributed by atoms with van der Waals surface area (Å²) in [6.45, 7) is 0. The summed E-state index contributed by atoms with van der Waals surface area (Å²) in [5.41, 5.74) is 0. The van der Waals surface area contributed by atoms with Crippen molar-refractivity contribution in [2.24, 2.45) is 0 Å². The Balaban J connectivity index is 2.39. The Labute approximate surface area is 84.3 Å². The zero-order chi connectivity index (χ0) is 7.68. The van der Waals surface area contributed by atoms with E-state index in [0.29, 0.717) is 0 Å². The van der Waals surface area contributed by atoms with Crippen LogP contribution in [0, 0.1) is 0 Å². The Kier molecular flexibility index (Phi) is 2.36. The lowest BCUT2D eigenvalue weighted by Gasteiger charge is -1.98. The van der Waals surface area contributed by atoms with E-state index in [2.05, 4.69) is 51.6 Å². The van der Waals surface area contributed by atoms with Gasteiger partial charge in [-0.05, 0) is 6.07 Å². The van der Waals surface area contributed by atoms with Crippen molar-refractivity contribution in [3.63, 3.8) is 0 Å². The van der Waals surface area contributed by atoms with E-state index in [4.69, 9.17) is 0 Å². The summed E-state index contributed by atoms with van der Waals surface area (Å²) in [7, 11) is 0. The van der Waals surface area contributed by atoms with Crippen molar-refractivity contribution < 1.29 is 4.57 Å². The average molecular weight is 278 g/mol. The first kappa shape index (κ1) is 7.86. The minimum atomic E-state index is 0.719. The third kappa shape index (κ3) is 1.40. The Morgan fingerprint density at radius 2 is 2.55 bits per heavy atom. The zero-order valence-corrected chi connectivity index (χ0v) is 9.01. The van der Waals surface area contributed by atoms with Crippen molar-refractivity contribution in [1.82, 2.24) is 0 Å². The number of nitrogens with zero attached hydrogens (tertiary/aromatic N) is 1. The summed E-state index contributed by atoms with van der Waals surface area (Å²) < 4.78 is 3.59. The molecule has 1 atom stereocenters. The van der Waals surface area contributed by atoms with Gasteiger partial charge in [-0.3, -0.25) is 0 Å². The van der Waals surface area contributed by atoms with E-state index in [1.807, 2.05) is 11.8 Å². The number of pyridine rings is 1. The minimum absolute atomic E-state index is 0.719. The van der Waals surface area contributed by atoms with Gasteiger partial charge >= 0.3 is 0 Å². The van der Waals surface area contributed by atoms with Crippen molar-refractivity contribution in [1.29, 1.82) is 0 Å². The van der Waals surface area contributed by atoms with E-state index in [0.717, 1.165) is 6.04 Å². The van der Waals surface area contributed by atoms with Crippen molar-refractivity contribution >= 4 is 34.4 Å². The molecule has 0 saturated carbocycles. The van der Waals surface area contributed by atoms with Gasteiger partial charge in [-0.25, -0.2) is 0 Å². The van der Waals surface area contributed by atoms with E-state index in [9.17, 15) is 0 Å². The number of thioether (sulfide) groups is 1. The number of halogens is 1. The highest BCUT2D eigenvalue weighted by atomic mass is 127. The van der Waals surface area contributed by atoms with Crippen LogP contribution < -0.4 is 4.57 Å². The maximum atomic E-state index is 2.45. The first-order chi connectivity index (χ1) is 5.42. The van der Waals surface area contributed by atoms with E-state index in [-0.39, 0.29) is 0 Å². The molecule has 0 radical (unpaired) electrons. The summed E-state index contributed by atoms with van der Waals surface area (Å²) in [5, 5.41) is 1.41. The Morgan fingerprint density at radius 1 is 1.64 bits per heavy atom. The molecule has 0 fully saturated rings. The molecule has 1 nitrogen and oxygen atoms in total. The van der Waals surface area contributed by atoms with Gasteiger partial charge in [-0.2, -0.15) is 4.57 Å². The van der Waals surface area contributed by atoms with Crippen LogP contribution in [0.15, 0.2) is 29.4 Å². The highest BCUT2D eigenvalue weighted by Crippen LogP contribution is 2.26. The molecule has 11 heavy (non-hydrogen) atoms. The van der Waals surface area contributed by atoms with Crippen LogP contribution >= 0.6 is 34.4 Å². The number of hydrogen-bond acceptors (Lipinski definition) is 1. The zero-order valence-electron chi connectivity index (χ0n) is 6.03. The van der Waals surface area contributed by atoms with Crippen LogP contribution in [-0.2, 0) is 0 Å². The summed E-state index contributed by atoms with van der Waals surface area (Å²) in [6, 6.07) is 7.12.